The molecular weight excluding hydrogens is 316 g/mol. The molecule has 0 unspecified atom stereocenters. The van der Waals surface area contributed by atoms with E-state index in [4.69, 9.17) is 4.74 Å². The van der Waals surface area contributed by atoms with Gasteiger partial charge in [0.05, 0.1) is 12.6 Å². The lowest BCUT2D eigenvalue weighted by molar-refractivity contribution is 0.111. The Labute approximate surface area is 148 Å². The minimum absolute atomic E-state index is 0.158. The normalized spacial score (nSPS) is 16.7. The van der Waals surface area contributed by atoms with E-state index in [0.717, 1.165) is 44.7 Å². The van der Waals surface area contributed by atoms with E-state index in [1.54, 1.807) is 6.20 Å². The number of benzene rings is 1. The van der Waals surface area contributed by atoms with E-state index in [1.807, 2.05) is 12.3 Å². The van der Waals surface area contributed by atoms with Crippen molar-refractivity contribution in [2.75, 3.05) is 13.2 Å². The molecule has 0 spiro atoms. The molecule has 2 amide bonds. The van der Waals surface area contributed by atoms with Gasteiger partial charge in [0, 0.05) is 32.1 Å². The third kappa shape index (κ3) is 5.60. The Morgan fingerprint density at radius 3 is 2.96 bits per heavy atom. The zero-order valence-electron chi connectivity index (χ0n) is 14.5. The summed E-state index contributed by atoms with van der Waals surface area (Å²) in [6.07, 6.45) is 8.08. The number of imidazole rings is 1. The van der Waals surface area contributed by atoms with Gasteiger partial charge in [-0.1, -0.05) is 30.3 Å². The van der Waals surface area contributed by atoms with Gasteiger partial charge in [-0.3, -0.25) is 0 Å². The van der Waals surface area contributed by atoms with Gasteiger partial charge in [0.2, 0.25) is 0 Å². The highest BCUT2D eigenvalue weighted by molar-refractivity contribution is 5.73. The second-order valence-corrected chi connectivity index (χ2v) is 6.32. The highest BCUT2D eigenvalue weighted by Crippen LogP contribution is 2.10. The third-order valence-corrected chi connectivity index (χ3v) is 4.43. The molecule has 2 heterocycles. The zero-order chi connectivity index (χ0) is 17.3. The first-order chi connectivity index (χ1) is 12.3. The lowest BCUT2D eigenvalue weighted by Crippen LogP contribution is -2.39. The van der Waals surface area contributed by atoms with Crippen LogP contribution in [0.25, 0.3) is 0 Å². The van der Waals surface area contributed by atoms with Crippen LogP contribution >= 0.6 is 0 Å². The lowest BCUT2D eigenvalue weighted by Gasteiger charge is -2.12. The topological polar surface area (TPSA) is 68.2 Å². The van der Waals surface area contributed by atoms with Crippen molar-refractivity contribution in [3.8, 4) is 0 Å². The average Bonchev–Trinajstić information content (AvgIpc) is 3.31. The Hall–Kier alpha value is -2.34. The van der Waals surface area contributed by atoms with Crippen molar-refractivity contribution in [3.63, 3.8) is 0 Å². The van der Waals surface area contributed by atoms with Crippen molar-refractivity contribution in [2.24, 2.45) is 0 Å². The van der Waals surface area contributed by atoms with Crippen LogP contribution in [0.5, 0.6) is 0 Å². The maximum absolute atomic E-state index is 11.9. The van der Waals surface area contributed by atoms with E-state index in [-0.39, 0.29) is 12.1 Å². The molecule has 1 aromatic heterocycles. The molecule has 1 fully saturated rings. The van der Waals surface area contributed by atoms with Crippen LogP contribution in [0.1, 0.15) is 30.7 Å². The average molecular weight is 342 g/mol. The number of hydrogen-bond acceptors (Lipinski definition) is 3. The molecule has 6 nitrogen and oxygen atoms in total. The maximum atomic E-state index is 11.9. The van der Waals surface area contributed by atoms with Gasteiger partial charge >= 0.3 is 6.03 Å². The largest absolute Gasteiger partial charge is 0.376 e. The summed E-state index contributed by atoms with van der Waals surface area (Å²) >= 11 is 0. The highest BCUT2D eigenvalue weighted by atomic mass is 16.5. The molecule has 3 rings (SSSR count). The van der Waals surface area contributed by atoms with Gasteiger partial charge in [-0.15, -0.1) is 0 Å². The maximum Gasteiger partial charge on any atom is 0.315 e. The number of aryl methyl sites for hydroxylation is 2. The number of carbonyl (C=O) groups excluding carboxylic acids is 1. The highest BCUT2D eigenvalue weighted by Gasteiger charge is 2.16. The quantitative estimate of drug-likeness (QED) is 0.774. The molecule has 1 aliphatic rings. The molecule has 1 atom stereocenters. The fourth-order valence-electron chi connectivity index (χ4n) is 3.04. The fraction of sp³-hybridized carbons (Fsp3) is 0.474. The van der Waals surface area contributed by atoms with Crippen molar-refractivity contribution in [1.82, 2.24) is 20.2 Å². The summed E-state index contributed by atoms with van der Waals surface area (Å²) in [5.74, 6) is 0.875. The van der Waals surface area contributed by atoms with E-state index in [9.17, 15) is 4.79 Å². The summed E-state index contributed by atoms with van der Waals surface area (Å²) in [4.78, 5) is 16.2. The minimum atomic E-state index is -0.172. The zero-order valence-corrected chi connectivity index (χ0v) is 14.5. The Bertz CT molecular complexity index is 650. The van der Waals surface area contributed by atoms with Crippen molar-refractivity contribution in [3.05, 3.63) is 54.1 Å². The lowest BCUT2D eigenvalue weighted by atomic mass is 10.1. The van der Waals surface area contributed by atoms with Gasteiger partial charge in [-0.25, -0.2) is 9.78 Å². The molecule has 2 N–H and O–H groups in total. The molecule has 0 bridgehead atoms. The van der Waals surface area contributed by atoms with Gasteiger partial charge in [0.1, 0.15) is 5.82 Å². The predicted octanol–water partition coefficient (Wildman–Crippen LogP) is 2.49. The van der Waals surface area contributed by atoms with E-state index in [1.165, 1.54) is 5.56 Å². The van der Waals surface area contributed by atoms with E-state index in [0.29, 0.717) is 13.1 Å². The van der Waals surface area contributed by atoms with Gasteiger partial charge in [-0.05, 0) is 31.2 Å². The predicted molar refractivity (Wildman–Crippen MR) is 96.2 cm³/mol. The smallest absolute Gasteiger partial charge is 0.315 e. The number of urea groups is 1. The van der Waals surface area contributed by atoms with Crippen molar-refractivity contribution in [1.29, 1.82) is 0 Å². The summed E-state index contributed by atoms with van der Waals surface area (Å²) in [6.45, 7) is 2.69. The molecule has 1 aliphatic heterocycles. The Morgan fingerprint density at radius 1 is 1.28 bits per heavy atom. The second kappa shape index (κ2) is 9.22. The van der Waals surface area contributed by atoms with Crippen LogP contribution in [-0.2, 0) is 24.2 Å². The number of aromatic nitrogens is 2. The molecule has 134 valence electrons. The summed E-state index contributed by atoms with van der Waals surface area (Å²) in [5.41, 5.74) is 1.34. The molecule has 6 heteroatoms. The van der Waals surface area contributed by atoms with Gasteiger partial charge < -0.3 is 19.9 Å². The monoisotopic (exact) mass is 342 g/mol. The molecule has 0 aliphatic carbocycles. The summed E-state index contributed by atoms with van der Waals surface area (Å²) in [5, 5.41) is 5.73. The number of nitrogens with one attached hydrogen (secondary N) is 2. The first-order valence-corrected chi connectivity index (χ1v) is 8.98. The molecular formula is C19H26N4O2. The van der Waals surface area contributed by atoms with Crippen LogP contribution in [-0.4, -0.2) is 34.8 Å². The third-order valence-electron chi connectivity index (χ3n) is 4.43. The Balaban J connectivity index is 1.38. The van der Waals surface area contributed by atoms with Crippen LogP contribution in [0.4, 0.5) is 4.79 Å². The standard InChI is InChI=1S/C19H26N4O2/c24-19(21-14-17-9-5-13-25-17)22-15-18-20-10-12-23(18)11-4-8-16-6-2-1-3-7-16/h1-3,6-7,10,12,17H,4-5,8-9,11,13-15H2,(H2,21,22,24)/t17-/m0/s1. The van der Waals surface area contributed by atoms with E-state index in [2.05, 4.69) is 44.5 Å². The molecule has 1 saturated heterocycles. The Kier molecular flexibility index (Phi) is 6.45. The molecule has 25 heavy (non-hydrogen) atoms. The molecule has 0 saturated carbocycles. The van der Waals surface area contributed by atoms with Gasteiger partial charge in [0.15, 0.2) is 0 Å². The second-order valence-electron chi connectivity index (χ2n) is 6.32. The fourth-order valence-corrected chi connectivity index (χ4v) is 3.04. The number of ether oxygens (including phenoxy) is 1. The van der Waals surface area contributed by atoms with Crippen LogP contribution in [0.3, 0.4) is 0 Å². The van der Waals surface area contributed by atoms with E-state index < -0.39 is 0 Å². The summed E-state index contributed by atoms with van der Waals surface area (Å²) in [6, 6.07) is 10.3. The van der Waals surface area contributed by atoms with Gasteiger partial charge in [0.25, 0.3) is 0 Å². The van der Waals surface area contributed by atoms with Crippen molar-refractivity contribution >= 4 is 6.03 Å². The van der Waals surface area contributed by atoms with Crippen LogP contribution < -0.4 is 10.6 Å². The molecule has 0 radical (unpaired) electrons. The molecule has 1 aromatic carbocycles. The first-order valence-electron chi connectivity index (χ1n) is 8.98. The summed E-state index contributed by atoms with van der Waals surface area (Å²) in [7, 11) is 0. The molecule has 2 aromatic rings. The summed E-state index contributed by atoms with van der Waals surface area (Å²) < 4.78 is 7.60. The number of nitrogens with zero attached hydrogens (tertiary/aromatic N) is 2. The minimum Gasteiger partial charge on any atom is -0.376 e. The van der Waals surface area contributed by atoms with E-state index >= 15 is 0 Å². The van der Waals surface area contributed by atoms with Crippen LogP contribution in [0, 0.1) is 0 Å². The van der Waals surface area contributed by atoms with Crippen molar-refractivity contribution in [2.45, 2.75) is 44.9 Å². The number of hydrogen-bond donors (Lipinski definition) is 2. The Morgan fingerprint density at radius 2 is 2.16 bits per heavy atom. The van der Waals surface area contributed by atoms with Crippen molar-refractivity contribution < 1.29 is 9.53 Å². The van der Waals surface area contributed by atoms with Crippen LogP contribution in [0.15, 0.2) is 42.7 Å². The van der Waals surface area contributed by atoms with Gasteiger partial charge in [-0.2, -0.15) is 0 Å². The SMILES string of the molecule is O=C(NCc1nccn1CCCc1ccccc1)NC[C@@H]1CCCO1. The number of amides is 2. The number of carbonyl (C=O) groups is 1. The number of rotatable bonds is 8. The van der Waals surface area contributed by atoms with Crippen LogP contribution in [0.2, 0.25) is 0 Å². The first kappa shape index (κ1) is 17.5.